The third kappa shape index (κ3) is 2.41. The van der Waals surface area contributed by atoms with Crippen LogP contribution in [0.1, 0.15) is 5.56 Å². The Labute approximate surface area is 111 Å². The van der Waals surface area contributed by atoms with Gasteiger partial charge in [-0.1, -0.05) is 23.7 Å². The Balaban J connectivity index is 2.47. The Hall–Kier alpha value is -1.74. The lowest BCUT2D eigenvalue weighted by Crippen LogP contribution is -2.20. The Morgan fingerprint density at radius 1 is 1.33 bits per heavy atom. The van der Waals surface area contributed by atoms with E-state index in [1.165, 1.54) is 0 Å². The number of carbonyl (C=O) groups is 1. The van der Waals surface area contributed by atoms with Crippen molar-refractivity contribution in [1.29, 1.82) is 0 Å². The fraction of sp³-hybridized carbons (Fsp3) is 0.214. The van der Waals surface area contributed by atoms with Crippen molar-refractivity contribution in [3.8, 4) is 5.75 Å². The first kappa shape index (κ1) is 12.7. The third-order valence-corrected chi connectivity index (χ3v) is 3.32. The number of carbonyl (C=O) groups excluding carboxylic acids is 1. The van der Waals surface area contributed by atoms with E-state index in [9.17, 15) is 4.79 Å². The summed E-state index contributed by atoms with van der Waals surface area (Å²) in [7, 11) is 3.24. The molecule has 0 aliphatic rings. The van der Waals surface area contributed by atoms with Gasteiger partial charge in [-0.3, -0.25) is 4.79 Å². The summed E-state index contributed by atoms with van der Waals surface area (Å²) >= 11 is 6.32. The lowest BCUT2D eigenvalue weighted by Gasteiger charge is -2.08. The van der Waals surface area contributed by atoms with Crippen molar-refractivity contribution >= 4 is 28.3 Å². The number of hydrogen-bond donors (Lipinski definition) is 1. The van der Waals surface area contributed by atoms with Gasteiger partial charge in [0.25, 0.3) is 0 Å². The topological polar surface area (TPSA) is 38.3 Å². The number of likely N-dealkylation sites (N-methyl/N-ethyl adjacent to an activating group) is 1. The number of hydrogen-bond acceptors (Lipinski definition) is 2. The van der Waals surface area contributed by atoms with E-state index in [1.807, 2.05) is 30.3 Å². The van der Waals surface area contributed by atoms with Gasteiger partial charge in [0.2, 0.25) is 5.91 Å². The highest BCUT2D eigenvalue weighted by Gasteiger charge is 2.09. The highest BCUT2D eigenvalue weighted by atomic mass is 35.5. The van der Waals surface area contributed by atoms with Crippen LogP contribution in [0.3, 0.4) is 0 Å². The minimum absolute atomic E-state index is 0.0511. The second-order valence-electron chi connectivity index (χ2n) is 3.98. The fourth-order valence-corrected chi connectivity index (χ4v) is 2.14. The molecular formula is C14H14ClNO2. The molecule has 0 saturated carbocycles. The van der Waals surface area contributed by atoms with Crippen LogP contribution in [0.5, 0.6) is 5.75 Å². The first-order chi connectivity index (χ1) is 8.65. The van der Waals surface area contributed by atoms with Gasteiger partial charge < -0.3 is 10.1 Å². The van der Waals surface area contributed by atoms with Crippen molar-refractivity contribution in [3.63, 3.8) is 0 Å². The van der Waals surface area contributed by atoms with Crippen molar-refractivity contribution in [2.45, 2.75) is 6.42 Å². The van der Waals surface area contributed by atoms with E-state index in [2.05, 4.69) is 5.32 Å². The molecule has 0 unspecified atom stereocenters. The van der Waals surface area contributed by atoms with E-state index in [4.69, 9.17) is 16.3 Å². The molecule has 0 spiro atoms. The second kappa shape index (κ2) is 5.27. The molecule has 4 heteroatoms. The lowest BCUT2D eigenvalue weighted by atomic mass is 10.0. The summed E-state index contributed by atoms with van der Waals surface area (Å²) in [6, 6.07) is 9.51. The van der Waals surface area contributed by atoms with Gasteiger partial charge in [0.05, 0.1) is 18.6 Å². The van der Waals surface area contributed by atoms with Crippen LogP contribution in [0.2, 0.25) is 5.02 Å². The molecule has 0 fully saturated rings. The second-order valence-corrected chi connectivity index (χ2v) is 4.35. The predicted octanol–water partition coefficient (Wildman–Crippen LogP) is 2.79. The Morgan fingerprint density at radius 2 is 2.11 bits per heavy atom. The van der Waals surface area contributed by atoms with Crippen LogP contribution in [-0.2, 0) is 11.2 Å². The maximum absolute atomic E-state index is 11.4. The van der Waals surface area contributed by atoms with Gasteiger partial charge >= 0.3 is 0 Å². The smallest absolute Gasteiger partial charge is 0.224 e. The van der Waals surface area contributed by atoms with E-state index in [0.717, 1.165) is 22.1 Å². The molecule has 3 nitrogen and oxygen atoms in total. The molecule has 94 valence electrons. The molecule has 0 saturated heterocycles. The molecule has 2 rings (SSSR count). The quantitative estimate of drug-likeness (QED) is 0.925. The standard InChI is InChI=1S/C14H14ClNO2/c1-16-13(17)8-10-4-3-9-7-11(18-2)5-6-12(9)14(10)15/h3-7H,8H2,1-2H3,(H,16,17). The van der Waals surface area contributed by atoms with Gasteiger partial charge in [0.15, 0.2) is 0 Å². The number of halogens is 1. The summed E-state index contributed by atoms with van der Waals surface area (Å²) in [4.78, 5) is 11.4. The van der Waals surface area contributed by atoms with E-state index >= 15 is 0 Å². The molecule has 0 bridgehead atoms. The van der Waals surface area contributed by atoms with Gasteiger partial charge in [0.1, 0.15) is 5.75 Å². The van der Waals surface area contributed by atoms with Gasteiger partial charge in [0, 0.05) is 12.4 Å². The van der Waals surface area contributed by atoms with Gasteiger partial charge in [-0.2, -0.15) is 0 Å². The van der Waals surface area contributed by atoms with Gasteiger partial charge in [-0.25, -0.2) is 0 Å². The van der Waals surface area contributed by atoms with Gasteiger partial charge in [-0.05, 0) is 29.1 Å². The maximum atomic E-state index is 11.4. The first-order valence-corrected chi connectivity index (χ1v) is 5.99. The van der Waals surface area contributed by atoms with E-state index < -0.39 is 0 Å². The molecule has 0 aromatic heterocycles. The van der Waals surface area contributed by atoms with Crippen molar-refractivity contribution in [1.82, 2.24) is 5.32 Å². The fourth-order valence-electron chi connectivity index (χ4n) is 1.84. The highest BCUT2D eigenvalue weighted by Crippen LogP contribution is 2.30. The summed E-state index contributed by atoms with van der Waals surface area (Å²) in [6.07, 6.45) is 0.289. The zero-order valence-electron chi connectivity index (χ0n) is 10.3. The maximum Gasteiger partial charge on any atom is 0.224 e. The summed E-state index contributed by atoms with van der Waals surface area (Å²) < 4.78 is 5.17. The molecule has 1 N–H and O–H groups in total. The monoisotopic (exact) mass is 263 g/mol. The molecule has 1 amide bonds. The molecule has 2 aromatic carbocycles. The van der Waals surface area contributed by atoms with Crippen molar-refractivity contribution in [3.05, 3.63) is 40.9 Å². The summed E-state index contributed by atoms with van der Waals surface area (Å²) in [6.45, 7) is 0. The van der Waals surface area contributed by atoms with Crippen LogP contribution in [-0.4, -0.2) is 20.1 Å². The molecule has 0 heterocycles. The Bertz CT molecular complexity index is 596. The minimum atomic E-state index is -0.0511. The van der Waals surface area contributed by atoms with E-state index in [-0.39, 0.29) is 12.3 Å². The van der Waals surface area contributed by atoms with Crippen LogP contribution in [0.25, 0.3) is 10.8 Å². The zero-order valence-corrected chi connectivity index (χ0v) is 11.0. The van der Waals surface area contributed by atoms with Crippen LogP contribution in [0.4, 0.5) is 0 Å². The number of methoxy groups -OCH3 is 1. The summed E-state index contributed by atoms with van der Waals surface area (Å²) in [5, 5.41) is 5.14. The predicted molar refractivity (Wildman–Crippen MR) is 73.3 cm³/mol. The van der Waals surface area contributed by atoms with E-state index in [0.29, 0.717) is 5.02 Å². The minimum Gasteiger partial charge on any atom is -0.497 e. The average molecular weight is 264 g/mol. The van der Waals surface area contributed by atoms with Crippen molar-refractivity contribution in [2.24, 2.45) is 0 Å². The molecule has 0 radical (unpaired) electrons. The van der Waals surface area contributed by atoms with E-state index in [1.54, 1.807) is 14.2 Å². The van der Waals surface area contributed by atoms with Crippen molar-refractivity contribution in [2.75, 3.05) is 14.2 Å². The molecule has 2 aromatic rings. The Morgan fingerprint density at radius 3 is 2.78 bits per heavy atom. The number of rotatable bonds is 3. The van der Waals surface area contributed by atoms with Crippen LogP contribution >= 0.6 is 11.6 Å². The Kier molecular flexibility index (Phi) is 3.72. The third-order valence-electron chi connectivity index (χ3n) is 2.87. The number of nitrogens with one attached hydrogen (secondary N) is 1. The molecule has 0 aliphatic heterocycles. The average Bonchev–Trinajstić information content (AvgIpc) is 2.41. The van der Waals surface area contributed by atoms with Crippen LogP contribution in [0.15, 0.2) is 30.3 Å². The molecule has 0 aliphatic carbocycles. The number of amides is 1. The molecule has 0 atom stereocenters. The van der Waals surface area contributed by atoms with Crippen LogP contribution < -0.4 is 10.1 Å². The largest absolute Gasteiger partial charge is 0.497 e. The lowest BCUT2D eigenvalue weighted by molar-refractivity contribution is -0.119. The number of ether oxygens (including phenoxy) is 1. The first-order valence-electron chi connectivity index (χ1n) is 5.61. The molecule has 18 heavy (non-hydrogen) atoms. The molecular weight excluding hydrogens is 250 g/mol. The van der Waals surface area contributed by atoms with Crippen molar-refractivity contribution < 1.29 is 9.53 Å². The zero-order chi connectivity index (χ0) is 13.1. The van der Waals surface area contributed by atoms with Crippen LogP contribution in [0, 0.1) is 0 Å². The normalized spacial score (nSPS) is 10.4. The number of fused-ring (bicyclic) bond motifs is 1. The SMILES string of the molecule is CNC(=O)Cc1ccc2cc(OC)ccc2c1Cl. The summed E-state index contributed by atoms with van der Waals surface area (Å²) in [5.41, 5.74) is 0.827. The van der Waals surface area contributed by atoms with Gasteiger partial charge in [-0.15, -0.1) is 0 Å². The highest BCUT2D eigenvalue weighted by molar-refractivity contribution is 6.36. The number of benzene rings is 2. The summed E-state index contributed by atoms with van der Waals surface area (Å²) in [5.74, 6) is 0.738.